The van der Waals surface area contributed by atoms with Crippen molar-refractivity contribution in [3.8, 4) is 5.69 Å². The van der Waals surface area contributed by atoms with E-state index < -0.39 is 0 Å². The van der Waals surface area contributed by atoms with Crippen molar-refractivity contribution in [2.24, 2.45) is 0 Å². The van der Waals surface area contributed by atoms with Gasteiger partial charge in [0.25, 0.3) is 0 Å². The Morgan fingerprint density at radius 2 is 1.59 bits per heavy atom. The number of rotatable bonds is 1. The topological polar surface area (TPSA) is 33.6 Å². The number of para-hydroxylation sites is 2. The second-order valence-corrected chi connectivity index (χ2v) is 5.48. The van der Waals surface area contributed by atoms with Crippen LogP contribution in [0.3, 0.4) is 0 Å². The van der Waals surface area contributed by atoms with Crippen LogP contribution in [0, 0.1) is 0 Å². The van der Waals surface area contributed by atoms with E-state index in [1.807, 2.05) is 24.5 Å². The lowest BCUT2D eigenvalue weighted by Crippen LogP contribution is -1.91. The van der Waals surface area contributed by atoms with Crippen LogP contribution in [0.1, 0.15) is 0 Å². The van der Waals surface area contributed by atoms with Crippen LogP contribution in [-0.2, 0) is 0 Å². The molecule has 0 unspecified atom stereocenters. The molecule has 0 atom stereocenters. The van der Waals surface area contributed by atoms with E-state index in [1.54, 1.807) is 0 Å². The minimum absolute atomic E-state index is 1.00. The van der Waals surface area contributed by atoms with E-state index in [-0.39, 0.29) is 0 Å². The van der Waals surface area contributed by atoms with Gasteiger partial charge in [-0.15, -0.1) is 0 Å². The van der Waals surface area contributed by atoms with E-state index >= 15 is 0 Å². The zero-order valence-corrected chi connectivity index (χ0v) is 11.8. The number of imidazole rings is 1. The fraction of sp³-hybridized carbons (Fsp3) is 0. The molecule has 0 spiro atoms. The third-order valence-corrected chi connectivity index (χ3v) is 4.22. The summed E-state index contributed by atoms with van der Waals surface area (Å²) in [6.45, 7) is 0. The van der Waals surface area contributed by atoms with Crippen molar-refractivity contribution in [2.75, 3.05) is 0 Å². The van der Waals surface area contributed by atoms with Gasteiger partial charge in [-0.05, 0) is 30.3 Å². The number of hydrogen-bond acceptors (Lipinski definition) is 1. The molecular weight excluding hydrogens is 270 g/mol. The Bertz CT molecular complexity index is 1120. The Kier molecular flexibility index (Phi) is 2.22. The first-order valence-corrected chi connectivity index (χ1v) is 7.34. The predicted molar refractivity (Wildman–Crippen MR) is 90.4 cm³/mol. The first kappa shape index (κ1) is 11.6. The molecule has 0 aliphatic heterocycles. The van der Waals surface area contributed by atoms with Crippen LogP contribution < -0.4 is 0 Å². The number of nitrogens with one attached hydrogen (secondary N) is 1. The fourth-order valence-corrected chi connectivity index (χ4v) is 3.20. The van der Waals surface area contributed by atoms with Gasteiger partial charge in [0.15, 0.2) is 0 Å². The van der Waals surface area contributed by atoms with Crippen LogP contribution in [0.5, 0.6) is 0 Å². The van der Waals surface area contributed by atoms with Crippen molar-refractivity contribution in [1.29, 1.82) is 0 Å². The standard InChI is InChI=1S/C19H13N3/c1-2-6-13(7-3-1)22-12-20-17-11-10-15-14-8-4-5-9-16(14)21-18(15)19(17)22/h1-12,21H. The summed E-state index contributed by atoms with van der Waals surface area (Å²) in [5.41, 5.74) is 5.55. The van der Waals surface area contributed by atoms with Gasteiger partial charge in [-0.2, -0.15) is 0 Å². The number of hydrogen-bond donors (Lipinski definition) is 1. The monoisotopic (exact) mass is 283 g/mol. The van der Waals surface area contributed by atoms with Crippen LogP contribution in [0.15, 0.2) is 73.1 Å². The van der Waals surface area contributed by atoms with E-state index in [1.165, 1.54) is 10.8 Å². The molecule has 104 valence electrons. The summed E-state index contributed by atoms with van der Waals surface area (Å²) in [7, 11) is 0. The Balaban J connectivity index is 1.97. The SMILES string of the molecule is c1ccc(-n2cnc3ccc4c5ccccc5[nH]c4c32)cc1. The Morgan fingerprint density at radius 3 is 2.50 bits per heavy atom. The number of aromatic nitrogens is 3. The molecule has 1 N–H and O–H groups in total. The van der Waals surface area contributed by atoms with Crippen molar-refractivity contribution in [1.82, 2.24) is 14.5 Å². The summed E-state index contributed by atoms with van der Waals surface area (Å²) in [5.74, 6) is 0. The third-order valence-electron chi connectivity index (χ3n) is 4.22. The molecule has 2 heterocycles. The molecule has 3 nitrogen and oxygen atoms in total. The van der Waals surface area contributed by atoms with Gasteiger partial charge in [-0.25, -0.2) is 4.98 Å². The highest BCUT2D eigenvalue weighted by molar-refractivity contribution is 6.15. The molecule has 3 aromatic carbocycles. The summed E-state index contributed by atoms with van der Waals surface area (Å²) in [4.78, 5) is 8.11. The number of benzene rings is 3. The highest BCUT2D eigenvalue weighted by atomic mass is 15.1. The lowest BCUT2D eigenvalue weighted by atomic mass is 10.1. The normalized spacial score (nSPS) is 11.6. The summed E-state index contributed by atoms with van der Waals surface area (Å²) in [5, 5.41) is 2.49. The quantitative estimate of drug-likeness (QED) is 0.477. The highest BCUT2D eigenvalue weighted by Gasteiger charge is 2.12. The van der Waals surface area contributed by atoms with Gasteiger partial charge in [-0.1, -0.05) is 36.4 Å². The average molecular weight is 283 g/mol. The Labute approximate surface area is 126 Å². The van der Waals surface area contributed by atoms with Gasteiger partial charge >= 0.3 is 0 Å². The molecule has 0 radical (unpaired) electrons. The number of H-pyrrole nitrogens is 1. The lowest BCUT2D eigenvalue weighted by molar-refractivity contribution is 1.09. The van der Waals surface area contributed by atoms with Gasteiger partial charge in [0.1, 0.15) is 6.33 Å². The maximum absolute atomic E-state index is 4.56. The van der Waals surface area contributed by atoms with Gasteiger partial charge < -0.3 is 4.98 Å². The Hall–Kier alpha value is -3.07. The van der Waals surface area contributed by atoms with Crippen molar-refractivity contribution < 1.29 is 0 Å². The van der Waals surface area contributed by atoms with Crippen LogP contribution in [-0.4, -0.2) is 14.5 Å². The van der Waals surface area contributed by atoms with Crippen LogP contribution in [0.25, 0.3) is 38.5 Å². The smallest absolute Gasteiger partial charge is 0.100 e. The van der Waals surface area contributed by atoms with E-state index in [9.17, 15) is 0 Å². The Morgan fingerprint density at radius 1 is 0.773 bits per heavy atom. The minimum atomic E-state index is 1.00. The van der Waals surface area contributed by atoms with Gasteiger partial charge in [0.05, 0.1) is 16.6 Å². The van der Waals surface area contributed by atoms with Crippen LogP contribution >= 0.6 is 0 Å². The summed E-state index contributed by atoms with van der Waals surface area (Å²) in [6.07, 6.45) is 1.89. The van der Waals surface area contributed by atoms with E-state index in [0.29, 0.717) is 0 Å². The number of aromatic amines is 1. The van der Waals surface area contributed by atoms with E-state index in [0.717, 1.165) is 27.8 Å². The largest absolute Gasteiger partial charge is 0.353 e. The summed E-state index contributed by atoms with van der Waals surface area (Å²) < 4.78 is 2.15. The van der Waals surface area contributed by atoms with Gasteiger partial charge in [0, 0.05) is 22.0 Å². The van der Waals surface area contributed by atoms with Gasteiger partial charge in [0.2, 0.25) is 0 Å². The van der Waals surface area contributed by atoms with E-state index in [2.05, 4.69) is 63.1 Å². The minimum Gasteiger partial charge on any atom is -0.353 e. The van der Waals surface area contributed by atoms with E-state index in [4.69, 9.17) is 0 Å². The zero-order valence-electron chi connectivity index (χ0n) is 11.8. The summed E-state index contributed by atoms with van der Waals surface area (Å²) >= 11 is 0. The second kappa shape index (κ2) is 4.21. The number of nitrogens with zero attached hydrogens (tertiary/aromatic N) is 2. The highest BCUT2D eigenvalue weighted by Crippen LogP contribution is 2.31. The molecule has 0 saturated heterocycles. The molecule has 3 heteroatoms. The molecule has 0 amide bonds. The first-order chi connectivity index (χ1) is 10.9. The molecule has 0 aliphatic carbocycles. The lowest BCUT2D eigenvalue weighted by Gasteiger charge is -2.04. The molecule has 5 rings (SSSR count). The maximum atomic E-state index is 4.56. The predicted octanol–water partition coefficient (Wildman–Crippen LogP) is 4.66. The van der Waals surface area contributed by atoms with Crippen molar-refractivity contribution >= 4 is 32.8 Å². The molecule has 0 bridgehead atoms. The molecule has 22 heavy (non-hydrogen) atoms. The number of fused-ring (bicyclic) bond motifs is 5. The molecule has 2 aromatic heterocycles. The summed E-state index contributed by atoms with van der Waals surface area (Å²) in [6, 6.07) is 23.0. The maximum Gasteiger partial charge on any atom is 0.100 e. The van der Waals surface area contributed by atoms with Crippen LogP contribution in [0.4, 0.5) is 0 Å². The fourth-order valence-electron chi connectivity index (χ4n) is 3.20. The second-order valence-electron chi connectivity index (χ2n) is 5.48. The third kappa shape index (κ3) is 1.48. The molecule has 5 aromatic rings. The van der Waals surface area contributed by atoms with Crippen molar-refractivity contribution in [2.45, 2.75) is 0 Å². The molecule has 0 saturated carbocycles. The molecule has 0 aliphatic rings. The first-order valence-electron chi connectivity index (χ1n) is 7.34. The van der Waals surface area contributed by atoms with Crippen molar-refractivity contribution in [3.63, 3.8) is 0 Å². The van der Waals surface area contributed by atoms with Crippen LogP contribution in [0.2, 0.25) is 0 Å². The van der Waals surface area contributed by atoms with Gasteiger partial charge in [-0.3, -0.25) is 4.57 Å². The zero-order chi connectivity index (χ0) is 14.5. The molecule has 0 fully saturated rings. The average Bonchev–Trinajstić information content (AvgIpc) is 3.16. The molecular formula is C19H13N3. The van der Waals surface area contributed by atoms with Crippen molar-refractivity contribution in [3.05, 3.63) is 73.1 Å².